The van der Waals surface area contributed by atoms with E-state index in [-0.39, 0.29) is 5.41 Å². The number of carbonyl (C=O) groups is 1. The summed E-state index contributed by atoms with van der Waals surface area (Å²) in [4.78, 5) is 24.6. The quantitative estimate of drug-likeness (QED) is 0.843. The minimum absolute atomic E-state index is 0.155. The highest BCUT2D eigenvalue weighted by Gasteiger charge is 2.48. The van der Waals surface area contributed by atoms with Gasteiger partial charge >= 0.3 is 0 Å². The second-order valence-corrected chi connectivity index (χ2v) is 8.81. The molecule has 1 spiro atoms. The average molecular weight is 356 g/mol. The van der Waals surface area contributed by atoms with Crippen LogP contribution in [0.25, 0.3) is 0 Å². The number of thiophene rings is 1. The zero-order valence-corrected chi connectivity index (χ0v) is 15.6. The molecule has 2 fully saturated rings. The van der Waals surface area contributed by atoms with E-state index in [9.17, 15) is 4.79 Å². The summed E-state index contributed by atoms with van der Waals surface area (Å²) in [5.74, 6) is 0.358. The van der Waals surface area contributed by atoms with Crippen molar-refractivity contribution in [2.45, 2.75) is 39.3 Å². The van der Waals surface area contributed by atoms with Gasteiger partial charge in [-0.1, -0.05) is 0 Å². The Morgan fingerprint density at radius 2 is 1.96 bits per heavy atom. The molecule has 0 radical (unpaired) electrons. The molecule has 0 unspecified atom stereocenters. The Labute approximate surface area is 153 Å². The van der Waals surface area contributed by atoms with Crippen LogP contribution in [0.3, 0.4) is 0 Å². The fraction of sp³-hybridized carbons (Fsp3) is 0.500. The van der Waals surface area contributed by atoms with E-state index >= 15 is 0 Å². The van der Waals surface area contributed by atoms with Crippen molar-refractivity contribution in [3.8, 4) is 0 Å². The number of piperidine rings is 1. The third kappa shape index (κ3) is 3.48. The first-order chi connectivity index (χ1) is 12.1. The molecule has 4 nitrogen and oxygen atoms in total. The van der Waals surface area contributed by atoms with Crippen molar-refractivity contribution in [3.05, 3.63) is 52.0 Å². The second-order valence-electron chi connectivity index (χ2n) is 7.44. The van der Waals surface area contributed by atoms with E-state index in [0.29, 0.717) is 12.5 Å². The van der Waals surface area contributed by atoms with E-state index in [4.69, 9.17) is 0 Å². The predicted molar refractivity (Wildman–Crippen MR) is 100 cm³/mol. The highest BCUT2D eigenvalue weighted by Crippen LogP contribution is 2.41. The van der Waals surface area contributed by atoms with Gasteiger partial charge in [0.15, 0.2) is 0 Å². The van der Waals surface area contributed by atoms with Gasteiger partial charge in [0, 0.05) is 48.3 Å². The summed E-state index contributed by atoms with van der Waals surface area (Å²) >= 11 is 1.87. The molecule has 5 heteroatoms. The van der Waals surface area contributed by atoms with Crippen LogP contribution in [0, 0.1) is 12.3 Å². The molecule has 0 bridgehead atoms. The Morgan fingerprint density at radius 3 is 2.72 bits per heavy atom. The summed E-state index contributed by atoms with van der Waals surface area (Å²) in [7, 11) is 0. The number of hydrogen-bond donors (Lipinski definition) is 0. The lowest BCUT2D eigenvalue weighted by molar-refractivity contribution is -0.139. The molecule has 132 valence electrons. The summed E-state index contributed by atoms with van der Waals surface area (Å²) in [6.45, 7) is 6.76. The maximum absolute atomic E-state index is 13.2. The Bertz CT molecular complexity index is 744. The normalized spacial score (nSPS) is 24.4. The summed E-state index contributed by atoms with van der Waals surface area (Å²) < 4.78 is 0. The van der Waals surface area contributed by atoms with Crippen molar-refractivity contribution in [1.82, 2.24) is 14.8 Å². The lowest BCUT2D eigenvalue weighted by Crippen LogP contribution is -2.47. The molecule has 2 aromatic rings. The van der Waals surface area contributed by atoms with Gasteiger partial charge in [0.2, 0.25) is 5.91 Å². The van der Waals surface area contributed by atoms with E-state index < -0.39 is 0 Å². The van der Waals surface area contributed by atoms with Gasteiger partial charge in [-0.15, -0.1) is 11.3 Å². The minimum Gasteiger partial charge on any atom is -0.338 e. The lowest BCUT2D eigenvalue weighted by Gasteiger charge is -2.39. The van der Waals surface area contributed by atoms with Gasteiger partial charge < -0.3 is 4.90 Å². The summed E-state index contributed by atoms with van der Waals surface area (Å²) in [5, 5.41) is 0. The summed E-state index contributed by atoms with van der Waals surface area (Å²) in [6.07, 6.45) is 6.77. The summed E-state index contributed by atoms with van der Waals surface area (Å²) in [5.41, 5.74) is 1.01. The number of pyridine rings is 1. The van der Waals surface area contributed by atoms with Gasteiger partial charge in [0.25, 0.3) is 0 Å². The molecule has 4 heterocycles. The highest BCUT2D eigenvalue weighted by molar-refractivity contribution is 7.11. The molecular formula is C20H25N3OS. The molecule has 1 atom stereocenters. The fourth-order valence-corrected chi connectivity index (χ4v) is 5.22. The van der Waals surface area contributed by atoms with Crippen LogP contribution in [0.2, 0.25) is 0 Å². The number of aryl methyl sites for hydroxylation is 1. The molecule has 0 saturated carbocycles. The van der Waals surface area contributed by atoms with Crippen LogP contribution < -0.4 is 0 Å². The van der Waals surface area contributed by atoms with Crippen molar-refractivity contribution < 1.29 is 4.79 Å². The van der Waals surface area contributed by atoms with E-state index in [1.54, 1.807) is 12.4 Å². The summed E-state index contributed by atoms with van der Waals surface area (Å²) in [6, 6.07) is 8.43. The predicted octanol–water partition coefficient (Wildman–Crippen LogP) is 3.47. The Kier molecular flexibility index (Phi) is 4.61. The third-order valence-electron chi connectivity index (χ3n) is 5.56. The largest absolute Gasteiger partial charge is 0.338 e. The third-order valence-corrected chi connectivity index (χ3v) is 6.54. The molecule has 0 N–H and O–H groups in total. The van der Waals surface area contributed by atoms with Crippen LogP contribution in [-0.2, 0) is 17.9 Å². The van der Waals surface area contributed by atoms with Crippen LogP contribution in [0.15, 0.2) is 36.7 Å². The molecule has 0 aliphatic carbocycles. The van der Waals surface area contributed by atoms with Gasteiger partial charge in [0.1, 0.15) is 0 Å². The smallest absolute Gasteiger partial charge is 0.230 e. The number of rotatable bonds is 4. The van der Waals surface area contributed by atoms with Gasteiger partial charge in [-0.25, -0.2) is 0 Å². The molecule has 4 rings (SSSR count). The Balaban J connectivity index is 1.43. The monoisotopic (exact) mass is 355 g/mol. The van der Waals surface area contributed by atoms with Crippen LogP contribution in [0.4, 0.5) is 0 Å². The van der Waals surface area contributed by atoms with E-state index in [2.05, 4.69) is 28.9 Å². The maximum Gasteiger partial charge on any atom is 0.230 e. The van der Waals surface area contributed by atoms with Gasteiger partial charge in [-0.05, 0) is 62.6 Å². The highest BCUT2D eigenvalue weighted by atomic mass is 32.1. The van der Waals surface area contributed by atoms with Gasteiger partial charge in [-0.3, -0.25) is 14.7 Å². The average Bonchev–Trinajstić information content (AvgIpc) is 3.15. The molecule has 2 aliphatic rings. The SMILES string of the molecule is Cc1ccc(CN2CCC[C@]3(CCN(Cc4ccncc4)C3=O)C2)s1. The number of likely N-dealkylation sites (tertiary alicyclic amines) is 2. The van der Waals surface area contributed by atoms with E-state index in [0.717, 1.165) is 45.4 Å². The molecule has 2 aliphatic heterocycles. The van der Waals surface area contributed by atoms with Crippen molar-refractivity contribution >= 4 is 17.2 Å². The zero-order valence-electron chi connectivity index (χ0n) is 14.8. The number of aromatic nitrogens is 1. The Morgan fingerprint density at radius 1 is 1.12 bits per heavy atom. The van der Waals surface area contributed by atoms with Crippen molar-refractivity contribution in [1.29, 1.82) is 0 Å². The van der Waals surface area contributed by atoms with Crippen LogP contribution in [0.5, 0.6) is 0 Å². The maximum atomic E-state index is 13.2. The number of amides is 1. The van der Waals surface area contributed by atoms with E-state index in [1.807, 2.05) is 28.4 Å². The molecule has 2 aromatic heterocycles. The van der Waals surface area contributed by atoms with Crippen LogP contribution >= 0.6 is 11.3 Å². The second kappa shape index (κ2) is 6.89. The molecule has 0 aromatic carbocycles. The van der Waals surface area contributed by atoms with E-state index in [1.165, 1.54) is 15.3 Å². The molecular weight excluding hydrogens is 330 g/mol. The van der Waals surface area contributed by atoms with Crippen molar-refractivity contribution in [2.75, 3.05) is 19.6 Å². The topological polar surface area (TPSA) is 36.4 Å². The number of carbonyl (C=O) groups excluding carboxylic acids is 1. The molecule has 1 amide bonds. The van der Waals surface area contributed by atoms with Gasteiger partial charge in [-0.2, -0.15) is 0 Å². The number of hydrogen-bond acceptors (Lipinski definition) is 4. The van der Waals surface area contributed by atoms with Crippen LogP contribution in [-0.4, -0.2) is 40.3 Å². The lowest BCUT2D eigenvalue weighted by atomic mass is 9.78. The standard InChI is InChI=1S/C20H25N3OS/c1-16-3-4-18(25-16)14-22-11-2-7-20(15-22)8-12-23(19(20)24)13-17-5-9-21-10-6-17/h3-6,9-10H,2,7-8,11-15H2,1H3/t20-/m0/s1. The fourth-order valence-electron chi connectivity index (χ4n) is 4.28. The van der Waals surface area contributed by atoms with Crippen molar-refractivity contribution in [3.63, 3.8) is 0 Å². The van der Waals surface area contributed by atoms with Crippen LogP contribution in [0.1, 0.15) is 34.6 Å². The first-order valence-corrected chi connectivity index (χ1v) is 9.92. The molecule has 25 heavy (non-hydrogen) atoms. The Hall–Kier alpha value is -1.72. The number of nitrogens with zero attached hydrogens (tertiary/aromatic N) is 3. The van der Waals surface area contributed by atoms with Crippen molar-refractivity contribution in [2.24, 2.45) is 5.41 Å². The first-order valence-electron chi connectivity index (χ1n) is 9.11. The van der Waals surface area contributed by atoms with Gasteiger partial charge in [0.05, 0.1) is 5.41 Å². The first kappa shape index (κ1) is 16.7. The zero-order chi connectivity index (χ0) is 17.3. The molecule has 2 saturated heterocycles. The minimum atomic E-state index is -0.155.